The number of thiocarbonyl (C=S) groups is 1. The fourth-order valence-corrected chi connectivity index (χ4v) is 5.70. The Morgan fingerprint density at radius 2 is 1.43 bits per heavy atom. The Morgan fingerprint density at radius 1 is 0.800 bits per heavy atom. The number of nitrogens with one attached hydrogen (secondary N) is 2. The minimum atomic E-state index is -0.336. The average molecular weight is 567 g/mol. The van der Waals surface area contributed by atoms with E-state index >= 15 is 0 Å². The van der Waals surface area contributed by atoms with Crippen molar-refractivity contribution >= 4 is 52.2 Å². The lowest BCUT2D eigenvalue weighted by Gasteiger charge is -2.40. The van der Waals surface area contributed by atoms with Crippen molar-refractivity contribution in [2.24, 2.45) is 0 Å². The molecule has 0 aliphatic carbocycles. The van der Waals surface area contributed by atoms with Crippen LogP contribution in [0.25, 0.3) is 6.08 Å². The van der Waals surface area contributed by atoms with Crippen molar-refractivity contribution in [3.63, 3.8) is 0 Å². The number of carbonyl (C=O) groups excluding carboxylic acids is 2. The van der Waals surface area contributed by atoms with Gasteiger partial charge in [0.1, 0.15) is 0 Å². The fourth-order valence-electron chi connectivity index (χ4n) is 4.87. The molecule has 1 aliphatic heterocycles. The molecule has 0 saturated carbocycles. The molecule has 2 heterocycles. The Bertz CT molecular complexity index is 1430. The van der Waals surface area contributed by atoms with Gasteiger partial charge < -0.3 is 10.2 Å². The number of rotatable bonds is 7. The largest absolute Gasteiger partial charge is 0.336 e. The summed E-state index contributed by atoms with van der Waals surface area (Å²) in [5.74, 6) is -0.400. The fraction of sp³-hybridized carbons (Fsp3) is 0.156. The molecule has 0 radical (unpaired) electrons. The number of amides is 2. The number of nitrogens with zero attached hydrogens (tertiary/aromatic N) is 2. The van der Waals surface area contributed by atoms with Crippen molar-refractivity contribution < 1.29 is 9.59 Å². The number of benzene rings is 3. The molecular weight excluding hydrogens is 537 g/mol. The Morgan fingerprint density at radius 3 is 2.05 bits per heavy atom. The minimum Gasteiger partial charge on any atom is -0.336 e. The van der Waals surface area contributed by atoms with E-state index in [1.807, 2.05) is 46.7 Å². The summed E-state index contributed by atoms with van der Waals surface area (Å²) >= 11 is 6.90. The standard InChI is InChI=1S/C32H30N4O2S2/c37-29(18-17-26-14-9-23-40-26)34-32(39)33-28-16-8-7-15-27(28)31(38)36-21-19-35(20-22-36)30(24-10-3-1-4-11-24)25-12-5-2-6-13-25/h1-18,23,30H,19-22H2,(H2,33,34,37,39). The highest BCUT2D eigenvalue weighted by atomic mass is 32.1. The zero-order chi connectivity index (χ0) is 27.7. The summed E-state index contributed by atoms with van der Waals surface area (Å²) in [6.45, 7) is 2.72. The molecule has 4 aromatic rings. The summed E-state index contributed by atoms with van der Waals surface area (Å²) < 4.78 is 0. The first-order valence-electron chi connectivity index (χ1n) is 13.1. The highest BCUT2D eigenvalue weighted by Crippen LogP contribution is 2.30. The number of anilines is 1. The van der Waals surface area contributed by atoms with Crippen LogP contribution in [0.4, 0.5) is 5.69 Å². The zero-order valence-electron chi connectivity index (χ0n) is 21.9. The van der Waals surface area contributed by atoms with Gasteiger partial charge in [-0.3, -0.25) is 19.8 Å². The third-order valence-electron chi connectivity index (χ3n) is 6.78. The Kier molecular flexibility index (Phi) is 9.13. The van der Waals surface area contributed by atoms with Gasteiger partial charge in [0.15, 0.2) is 5.11 Å². The van der Waals surface area contributed by atoms with Crippen LogP contribution in [0.2, 0.25) is 0 Å². The summed E-state index contributed by atoms with van der Waals surface area (Å²) in [5, 5.41) is 7.77. The van der Waals surface area contributed by atoms with Crippen molar-refractivity contribution in [2.45, 2.75) is 6.04 Å². The predicted molar refractivity (Wildman–Crippen MR) is 166 cm³/mol. The molecule has 5 rings (SSSR count). The van der Waals surface area contributed by atoms with Gasteiger partial charge in [0, 0.05) is 37.1 Å². The van der Waals surface area contributed by atoms with Gasteiger partial charge in [-0.05, 0) is 53.0 Å². The lowest BCUT2D eigenvalue weighted by molar-refractivity contribution is -0.115. The van der Waals surface area contributed by atoms with E-state index in [0.29, 0.717) is 24.3 Å². The second-order valence-electron chi connectivity index (χ2n) is 9.39. The average Bonchev–Trinajstić information content (AvgIpc) is 3.52. The van der Waals surface area contributed by atoms with E-state index < -0.39 is 0 Å². The molecule has 40 heavy (non-hydrogen) atoms. The van der Waals surface area contributed by atoms with Crippen LogP contribution in [-0.2, 0) is 4.79 Å². The van der Waals surface area contributed by atoms with E-state index in [1.54, 1.807) is 29.5 Å². The van der Waals surface area contributed by atoms with Gasteiger partial charge in [0.05, 0.1) is 17.3 Å². The molecule has 6 nitrogen and oxygen atoms in total. The summed E-state index contributed by atoms with van der Waals surface area (Å²) in [6.07, 6.45) is 3.17. The van der Waals surface area contributed by atoms with Crippen molar-refractivity contribution in [1.82, 2.24) is 15.1 Å². The molecule has 1 aliphatic rings. The molecule has 2 amide bonds. The highest BCUT2D eigenvalue weighted by Gasteiger charge is 2.29. The maximum Gasteiger partial charge on any atom is 0.256 e. The Hall–Kier alpha value is -4.11. The molecule has 8 heteroatoms. The van der Waals surface area contributed by atoms with Gasteiger partial charge in [-0.15, -0.1) is 11.3 Å². The van der Waals surface area contributed by atoms with E-state index in [-0.39, 0.29) is 23.0 Å². The third kappa shape index (κ3) is 6.90. The number of hydrogen-bond donors (Lipinski definition) is 2. The highest BCUT2D eigenvalue weighted by molar-refractivity contribution is 7.80. The SMILES string of the molecule is O=C(C=Cc1cccs1)NC(=S)Nc1ccccc1C(=O)N1CCN(C(c2ccccc2)c2ccccc2)CC1. The normalized spacial score (nSPS) is 13.9. The van der Waals surface area contributed by atoms with Crippen molar-refractivity contribution in [2.75, 3.05) is 31.5 Å². The van der Waals surface area contributed by atoms with Crippen molar-refractivity contribution in [3.8, 4) is 0 Å². The maximum absolute atomic E-state index is 13.6. The quantitative estimate of drug-likeness (QED) is 0.218. The molecule has 2 N–H and O–H groups in total. The van der Waals surface area contributed by atoms with Crippen molar-refractivity contribution in [1.29, 1.82) is 0 Å². The van der Waals surface area contributed by atoms with Gasteiger partial charge >= 0.3 is 0 Å². The van der Waals surface area contributed by atoms with Crippen LogP contribution in [0.3, 0.4) is 0 Å². The summed E-state index contributed by atoms with van der Waals surface area (Å²) in [6, 6.07) is 32.2. The number of thiophene rings is 1. The maximum atomic E-state index is 13.6. The number of carbonyl (C=O) groups is 2. The summed E-state index contributed by atoms with van der Waals surface area (Å²) in [5.41, 5.74) is 3.56. The van der Waals surface area contributed by atoms with E-state index in [0.717, 1.165) is 18.0 Å². The van der Waals surface area contributed by atoms with Crippen LogP contribution in [-0.4, -0.2) is 52.9 Å². The molecule has 1 saturated heterocycles. The lowest BCUT2D eigenvalue weighted by Crippen LogP contribution is -2.50. The van der Waals surface area contributed by atoms with Crippen LogP contribution < -0.4 is 10.6 Å². The lowest BCUT2D eigenvalue weighted by atomic mass is 9.96. The first kappa shape index (κ1) is 27.5. The smallest absolute Gasteiger partial charge is 0.256 e. The molecule has 3 aromatic carbocycles. The minimum absolute atomic E-state index is 0.0644. The monoisotopic (exact) mass is 566 g/mol. The predicted octanol–water partition coefficient (Wildman–Crippen LogP) is 5.82. The molecular formula is C32H30N4O2S2. The topological polar surface area (TPSA) is 64.7 Å². The van der Waals surface area contributed by atoms with E-state index in [2.05, 4.69) is 64.1 Å². The van der Waals surface area contributed by atoms with Crippen molar-refractivity contribution in [3.05, 3.63) is 130 Å². The van der Waals surface area contributed by atoms with E-state index in [1.165, 1.54) is 17.2 Å². The number of hydrogen-bond acceptors (Lipinski definition) is 5. The third-order valence-corrected chi connectivity index (χ3v) is 7.82. The summed E-state index contributed by atoms with van der Waals surface area (Å²) in [7, 11) is 0. The molecule has 0 bridgehead atoms. The first-order valence-corrected chi connectivity index (χ1v) is 14.4. The van der Waals surface area contributed by atoms with Crippen LogP contribution in [0.15, 0.2) is 109 Å². The molecule has 202 valence electrons. The number of piperazine rings is 1. The van der Waals surface area contributed by atoms with Gasteiger partial charge in [0.2, 0.25) is 5.91 Å². The van der Waals surface area contributed by atoms with Gasteiger partial charge in [-0.2, -0.15) is 0 Å². The van der Waals surface area contributed by atoms with Gasteiger partial charge in [0.25, 0.3) is 5.91 Å². The van der Waals surface area contributed by atoms with Gasteiger partial charge in [-0.25, -0.2) is 0 Å². The molecule has 1 aromatic heterocycles. The molecule has 0 atom stereocenters. The molecule has 1 fully saturated rings. The summed E-state index contributed by atoms with van der Waals surface area (Å²) in [4.78, 5) is 31.2. The Labute approximate surface area is 243 Å². The molecule has 0 unspecified atom stereocenters. The van der Waals surface area contributed by atoms with E-state index in [4.69, 9.17) is 12.2 Å². The Balaban J connectivity index is 1.23. The second kappa shape index (κ2) is 13.3. The van der Waals surface area contributed by atoms with Crippen LogP contribution >= 0.6 is 23.6 Å². The van der Waals surface area contributed by atoms with E-state index in [9.17, 15) is 9.59 Å². The first-order chi connectivity index (χ1) is 19.6. The van der Waals surface area contributed by atoms with Crippen LogP contribution in [0.5, 0.6) is 0 Å². The molecule has 0 spiro atoms. The van der Waals surface area contributed by atoms with Crippen LogP contribution in [0, 0.1) is 0 Å². The number of para-hydroxylation sites is 1. The van der Waals surface area contributed by atoms with Gasteiger partial charge in [-0.1, -0.05) is 78.9 Å². The zero-order valence-corrected chi connectivity index (χ0v) is 23.5. The second-order valence-corrected chi connectivity index (χ2v) is 10.8. The van der Waals surface area contributed by atoms with Crippen LogP contribution in [0.1, 0.15) is 32.4 Å².